The first kappa shape index (κ1) is 19.4. The minimum atomic E-state index is -0.0640. The highest BCUT2D eigenvalue weighted by molar-refractivity contribution is 7.08. The van der Waals surface area contributed by atoms with Gasteiger partial charge < -0.3 is 10.2 Å². The Morgan fingerprint density at radius 2 is 1.72 bits per heavy atom. The summed E-state index contributed by atoms with van der Waals surface area (Å²) in [6, 6.07) is 19.7. The van der Waals surface area contributed by atoms with E-state index in [1.165, 1.54) is 11.3 Å². The molecule has 1 aliphatic heterocycles. The molecule has 3 aromatic rings. The molecule has 0 saturated carbocycles. The van der Waals surface area contributed by atoms with Gasteiger partial charge in [-0.1, -0.05) is 42.5 Å². The van der Waals surface area contributed by atoms with Crippen LogP contribution in [-0.4, -0.2) is 36.3 Å². The van der Waals surface area contributed by atoms with Crippen LogP contribution in [0.15, 0.2) is 71.4 Å². The average Bonchev–Trinajstić information content (AvgIpc) is 3.33. The zero-order chi connectivity index (χ0) is 20.1. The van der Waals surface area contributed by atoms with Crippen LogP contribution in [0, 0.1) is 5.92 Å². The van der Waals surface area contributed by atoms with Crippen LogP contribution in [-0.2, 0) is 0 Å². The summed E-state index contributed by atoms with van der Waals surface area (Å²) in [4.78, 5) is 27.0. The summed E-state index contributed by atoms with van der Waals surface area (Å²) in [6.45, 7) is 2.08. The van der Waals surface area contributed by atoms with E-state index in [9.17, 15) is 9.59 Å². The van der Waals surface area contributed by atoms with Crippen LogP contribution in [0.4, 0.5) is 0 Å². The largest absolute Gasteiger partial charge is 0.352 e. The van der Waals surface area contributed by atoms with Gasteiger partial charge in [-0.05, 0) is 53.5 Å². The van der Waals surface area contributed by atoms with E-state index in [-0.39, 0.29) is 11.8 Å². The van der Waals surface area contributed by atoms with Crippen molar-refractivity contribution in [3.63, 3.8) is 0 Å². The number of carbonyl (C=O) groups excluding carboxylic acids is 2. The van der Waals surface area contributed by atoms with E-state index >= 15 is 0 Å². The van der Waals surface area contributed by atoms with Gasteiger partial charge >= 0.3 is 0 Å². The third-order valence-electron chi connectivity index (χ3n) is 5.38. The maximum Gasteiger partial charge on any atom is 0.254 e. The highest BCUT2D eigenvalue weighted by atomic mass is 32.1. The summed E-state index contributed by atoms with van der Waals surface area (Å²) in [7, 11) is 0. The van der Waals surface area contributed by atoms with Gasteiger partial charge in [-0.25, -0.2) is 0 Å². The Balaban J connectivity index is 1.31. The molecular formula is C24H24N2O2S. The molecule has 1 aliphatic rings. The lowest BCUT2D eigenvalue weighted by atomic mass is 9.97. The maximum absolute atomic E-state index is 12.6. The molecule has 0 radical (unpaired) electrons. The van der Waals surface area contributed by atoms with Gasteiger partial charge in [-0.15, -0.1) is 0 Å². The number of nitrogens with one attached hydrogen (secondary N) is 1. The number of rotatable bonds is 5. The van der Waals surface area contributed by atoms with E-state index in [4.69, 9.17) is 0 Å². The number of hydrogen-bond acceptors (Lipinski definition) is 3. The first-order chi connectivity index (χ1) is 14.2. The number of benzene rings is 2. The molecule has 2 heterocycles. The molecule has 0 spiro atoms. The van der Waals surface area contributed by atoms with Crippen molar-refractivity contribution in [1.29, 1.82) is 0 Å². The third-order valence-corrected chi connectivity index (χ3v) is 6.06. The van der Waals surface area contributed by atoms with Gasteiger partial charge in [0.25, 0.3) is 11.8 Å². The topological polar surface area (TPSA) is 49.4 Å². The lowest BCUT2D eigenvalue weighted by Gasteiger charge is -2.32. The average molecular weight is 405 g/mol. The predicted molar refractivity (Wildman–Crippen MR) is 117 cm³/mol. The molecular weight excluding hydrogens is 380 g/mol. The van der Waals surface area contributed by atoms with Crippen molar-refractivity contribution in [2.75, 3.05) is 19.6 Å². The molecule has 1 atom stereocenters. The van der Waals surface area contributed by atoms with Crippen molar-refractivity contribution in [2.24, 2.45) is 5.92 Å². The molecule has 1 aromatic heterocycles. The second kappa shape index (κ2) is 9.05. The second-order valence-electron chi connectivity index (χ2n) is 7.42. The van der Waals surface area contributed by atoms with Gasteiger partial charge in [-0.3, -0.25) is 9.59 Å². The van der Waals surface area contributed by atoms with Crippen molar-refractivity contribution in [3.05, 3.63) is 82.6 Å². The number of thiophene rings is 1. The third kappa shape index (κ3) is 4.74. The van der Waals surface area contributed by atoms with Crippen molar-refractivity contribution in [2.45, 2.75) is 12.8 Å². The quantitative estimate of drug-likeness (QED) is 0.670. The van der Waals surface area contributed by atoms with Gasteiger partial charge in [0.05, 0.1) is 5.56 Å². The molecule has 2 amide bonds. The predicted octanol–water partition coefficient (Wildman–Crippen LogP) is 4.70. The van der Waals surface area contributed by atoms with E-state index in [0.717, 1.165) is 36.1 Å². The number of amides is 2. The lowest BCUT2D eigenvalue weighted by molar-refractivity contribution is 0.0671. The second-order valence-corrected chi connectivity index (χ2v) is 8.20. The summed E-state index contributed by atoms with van der Waals surface area (Å²) >= 11 is 1.54. The van der Waals surface area contributed by atoms with Crippen LogP contribution >= 0.6 is 11.3 Å². The van der Waals surface area contributed by atoms with Crippen molar-refractivity contribution in [3.8, 4) is 11.1 Å². The van der Waals surface area contributed by atoms with Crippen molar-refractivity contribution >= 4 is 23.2 Å². The first-order valence-electron chi connectivity index (χ1n) is 9.96. The van der Waals surface area contributed by atoms with Crippen molar-refractivity contribution in [1.82, 2.24) is 10.2 Å². The minimum Gasteiger partial charge on any atom is -0.352 e. The van der Waals surface area contributed by atoms with Gasteiger partial charge in [0.1, 0.15) is 0 Å². The smallest absolute Gasteiger partial charge is 0.254 e. The Hall–Kier alpha value is -2.92. The van der Waals surface area contributed by atoms with Crippen LogP contribution in [0.1, 0.15) is 33.6 Å². The number of likely N-dealkylation sites (tertiary alicyclic amines) is 1. The van der Waals surface area contributed by atoms with Gasteiger partial charge in [0.15, 0.2) is 0 Å². The van der Waals surface area contributed by atoms with Gasteiger partial charge in [0, 0.05) is 30.6 Å². The molecule has 5 heteroatoms. The number of piperidine rings is 1. The highest BCUT2D eigenvalue weighted by Crippen LogP contribution is 2.21. The summed E-state index contributed by atoms with van der Waals surface area (Å²) in [5.74, 6) is 0.323. The Morgan fingerprint density at radius 1 is 0.966 bits per heavy atom. The Bertz CT molecular complexity index is 952. The molecule has 1 saturated heterocycles. The number of hydrogen-bond donors (Lipinski definition) is 1. The molecule has 2 aromatic carbocycles. The van der Waals surface area contributed by atoms with Gasteiger partial charge in [-0.2, -0.15) is 11.3 Å². The fourth-order valence-electron chi connectivity index (χ4n) is 3.77. The molecule has 148 valence electrons. The van der Waals surface area contributed by atoms with Crippen LogP contribution in [0.5, 0.6) is 0 Å². The molecule has 4 rings (SSSR count). The molecule has 0 aliphatic carbocycles. The number of carbonyl (C=O) groups is 2. The van der Waals surface area contributed by atoms with E-state index in [0.29, 0.717) is 24.6 Å². The number of nitrogens with zero attached hydrogens (tertiary/aromatic N) is 1. The summed E-state index contributed by atoms with van der Waals surface area (Å²) < 4.78 is 0. The van der Waals surface area contributed by atoms with E-state index in [1.807, 2.05) is 64.2 Å². The molecule has 1 N–H and O–H groups in total. The Morgan fingerprint density at radius 3 is 2.45 bits per heavy atom. The Kier molecular flexibility index (Phi) is 6.06. The fourth-order valence-corrected chi connectivity index (χ4v) is 4.40. The monoisotopic (exact) mass is 404 g/mol. The maximum atomic E-state index is 12.6. The Labute approximate surface area is 175 Å². The van der Waals surface area contributed by atoms with Crippen LogP contribution in [0.3, 0.4) is 0 Å². The zero-order valence-electron chi connectivity index (χ0n) is 16.2. The lowest BCUT2D eigenvalue weighted by Crippen LogP contribution is -2.43. The first-order valence-corrected chi connectivity index (χ1v) is 10.9. The van der Waals surface area contributed by atoms with E-state index in [2.05, 4.69) is 17.4 Å². The standard InChI is InChI=1S/C24H24N2O2S/c27-23(21-10-8-20(9-11-21)19-6-2-1-3-7-19)25-15-18-5-4-13-26(16-18)24(28)22-12-14-29-17-22/h1-3,6-12,14,17-18H,4-5,13,15-16H2,(H,25,27). The van der Waals surface area contributed by atoms with Crippen LogP contribution < -0.4 is 5.32 Å². The van der Waals surface area contributed by atoms with Gasteiger partial charge in [0.2, 0.25) is 0 Å². The molecule has 1 fully saturated rings. The normalized spacial score (nSPS) is 16.4. The fraction of sp³-hybridized carbons (Fsp3) is 0.250. The molecule has 4 nitrogen and oxygen atoms in total. The van der Waals surface area contributed by atoms with E-state index < -0.39 is 0 Å². The zero-order valence-corrected chi connectivity index (χ0v) is 17.0. The van der Waals surface area contributed by atoms with E-state index in [1.54, 1.807) is 0 Å². The SMILES string of the molecule is O=C(NCC1CCCN(C(=O)c2ccsc2)C1)c1ccc(-c2ccccc2)cc1. The molecule has 1 unspecified atom stereocenters. The minimum absolute atomic E-state index is 0.0640. The van der Waals surface area contributed by atoms with Crippen molar-refractivity contribution < 1.29 is 9.59 Å². The molecule has 29 heavy (non-hydrogen) atoms. The summed E-state index contributed by atoms with van der Waals surface area (Å²) in [5, 5.41) is 6.87. The molecule has 0 bridgehead atoms. The van der Waals surface area contributed by atoms with Crippen LogP contribution in [0.25, 0.3) is 11.1 Å². The van der Waals surface area contributed by atoms with Crippen LogP contribution in [0.2, 0.25) is 0 Å². The highest BCUT2D eigenvalue weighted by Gasteiger charge is 2.25. The summed E-state index contributed by atoms with van der Waals surface area (Å²) in [6.07, 6.45) is 2.00. The summed E-state index contributed by atoms with van der Waals surface area (Å²) in [5.41, 5.74) is 3.65.